The second kappa shape index (κ2) is 7.42. The Balaban J connectivity index is 1.50. The van der Waals surface area contributed by atoms with Crippen LogP contribution in [0.25, 0.3) is 22.7 Å². The Hall–Kier alpha value is -2.84. The minimum absolute atomic E-state index is 0.252. The van der Waals surface area contributed by atoms with Crippen molar-refractivity contribution in [3.05, 3.63) is 71.5 Å². The van der Waals surface area contributed by atoms with Crippen LogP contribution in [0.3, 0.4) is 0 Å². The number of halogens is 2. The summed E-state index contributed by atoms with van der Waals surface area (Å²) < 4.78 is 20.9. The monoisotopic (exact) mass is 401 g/mol. The lowest BCUT2D eigenvalue weighted by atomic mass is 10.2. The second-order valence-corrected chi connectivity index (χ2v) is 6.95. The Labute approximate surface area is 163 Å². The van der Waals surface area contributed by atoms with Gasteiger partial charge in [0, 0.05) is 10.6 Å². The molecule has 0 bridgehead atoms. The molecule has 2 aromatic heterocycles. The number of thioether (sulfide) groups is 1. The van der Waals surface area contributed by atoms with Crippen molar-refractivity contribution in [2.24, 2.45) is 0 Å². The fraction of sp³-hybridized carbons (Fsp3) is 0.0556. The third-order valence-electron chi connectivity index (χ3n) is 3.77. The molecule has 4 rings (SSSR count). The highest BCUT2D eigenvalue weighted by Gasteiger charge is 2.16. The zero-order chi connectivity index (χ0) is 18.8. The highest BCUT2D eigenvalue weighted by atomic mass is 35.5. The van der Waals surface area contributed by atoms with Gasteiger partial charge in [-0.1, -0.05) is 47.6 Å². The summed E-state index contributed by atoms with van der Waals surface area (Å²) in [5.74, 6) is 7.38. The van der Waals surface area contributed by atoms with Gasteiger partial charge in [0.1, 0.15) is 5.82 Å². The number of oxazole rings is 1. The van der Waals surface area contributed by atoms with E-state index in [1.807, 2.05) is 12.1 Å². The number of hydrogen-bond acceptors (Lipinski definition) is 6. The Kier molecular flexibility index (Phi) is 4.83. The average Bonchev–Trinajstić information content (AvgIpc) is 3.28. The predicted molar refractivity (Wildman–Crippen MR) is 102 cm³/mol. The molecule has 0 aliphatic rings. The quantitative estimate of drug-likeness (QED) is 0.394. The number of nitrogens with zero attached hydrogens (tertiary/aromatic N) is 4. The van der Waals surface area contributed by atoms with Crippen molar-refractivity contribution in [2.45, 2.75) is 10.9 Å². The Morgan fingerprint density at radius 3 is 2.81 bits per heavy atom. The average molecular weight is 402 g/mol. The van der Waals surface area contributed by atoms with E-state index in [4.69, 9.17) is 21.9 Å². The molecule has 0 radical (unpaired) electrons. The summed E-state index contributed by atoms with van der Waals surface area (Å²) in [7, 11) is 0. The molecule has 27 heavy (non-hydrogen) atoms. The Morgan fingerprint density at radius 1 is 1.15 bits per heavy atom. The molecular weight excluding hydrogens is 389 g/mol. The van der Waals surface area contributed by atoms with Crippen LogP contribution in [0.1, 0.15) is 5.89 Å². The van der Waals surface area contributed by atoms with E-state index < -0.39 is 5.82 Å². The molecule has 136 valence electrons. The maximum atomic E-state index is 13.9. The molecule has 4 aromatic rings. The highest BCUT2D eigenvalue weighted by molar-refractivity contribution is 7.98. The molecule has 0 spiro atoms. The Bertz CT molecular complexity index is 1100. The molecular formula is C18H13ClFN5OS. The predicted octanol–water partition coefficient (Wildman–Crippen LogP) is 4.40. The number of rotatable bonds is 5. The second-order valence-electron chi connectivity index (χ2n) is 5.57. The molecule has 2 N–H and O–H groups in total. The van der Waals surface area contributed by atoms with Crippen molar-refractivity contribution in [3.63, 3.8) is 0 Å². The standard InChI is InChI=1S/C18H13ClFN5OS/c19-12-5-3-4-11(8-12)15-9-22-16(26-15)10-27-18-24-23-17(25(18)21)13-6-1-2-7-14(13)20/h1-9H,10,21H2. The minimum Gasteiger partial charge on any atom is -0.440 e. The van der Waals surface area contributed by atoms with Gasteiger partial charge >= 0.3 is 0 Å². The van der Waals surface area contributed by atoms with Gasteiger partial charge in [0.15, 0.2) is 11.6 Å². The van der Waals surface area contributed by atoms with Crippen molar-refractivity contribution in [2.75, 3.05) is 5.84 Å². The van der Waals surface area contributed by atoms with E-state index in [0.717, 1.165) is 5.56 Å². The van der Waals surface area contributed by atoms with E-state index >= 15 is 0 Å². The first-order valence-electron chi connectivity index (χ1n) is 7.90. The van der Waals surface area contributed by atoms with Crippen LogP contribution >= 0.6 is 23.4 Å². The lowest BCUT2D eigenvalue weighted by molar-refractivity contribution is 0.529. The van der Waals surface area contributed by atoms with Crippen molar-refractivity contribution in [1.29, 1.82) is 0 Å². The summed E-state index contributed by atoms with van der Waals surface area (Å²) in [6.07, 6.45) is 1.64. The summed E-state index contributed by atoms with van der Waals surface area (Å²) in [5, 5.41) is 9.05. The molecule has 0 atom stereocenters. The molecule has 6 nitrogen and oxygen atoms in total. The number of hydrogen-bond donors (Lipinski definition) is 1. The van der Waals surface area contributed by atoms with Crippen LogP contribution in [-0.4, -0.2) is 19.9 Å². The third kappa shape index (κ3) is 3.67. The maximum absolute atomic E-state index is 13.9. The first kappa shape index (κ1) is 17.6. The maximum Gasteiger partial charge on any atom is 0.210 e. The van der Waals surface area contributed by atoms with Crippen LogP contribution in [0.5, 0.6) is 0 Å². The summed E-state index contributed by atoms with van der Waals surface area (Å²) in [4.78, 5) is 4.26. The van der Waals surface area contributed by atoms with Crippen molar-refractivity contribution in [3.8, 4) is 22.7 Å². The van der Waals surface area contributed by atoms with Gasteiger partial charge < -0.3 is 10.3 Å². The molecule has 0 aliphatic carbocycles. The van der Waals surface area contributed by atoms with Crippen LogP contribution in [0.15, 0.2) is 64.3 Å². The van der Waals surface area contributed by atoms with Crippen LogP contribution in [0, 0.1) is 5.82 Å². The summed E-state index contributed by atoms with van der Waals surface area (Å²) in [6.45, 7) is 0. The fourth-order valence-electron chi connectivity index (χ4n) is 2.48. The summed E-state index contributed by atoms with van der Waals surface area (Å²) in [5.41, 5.74) is 1.13. The molecule has 0 aliphatic heterocycles. The van der Waals surface area contributed by atoms with Gasteiger partial charge in [-0.25, -0.2) is 14.1 Å². The first-order chi connectivity index (χ1) is 13.1. The third-order valence-corrected chi connectivity index (χ3v) is 4.93. The molecule has 0 saturated heterocycles. The fourth-order valence-corrected chi connectivity index (χ4v) is 3.38. The van der Waals surface area contributed by atoms with Crippen molar-refractivity contribution < 1.29 is 8.81 Å². The van der Waals surface area contributed by atoms with Gasteiger partial charge in [-0.05, 0) is 24.3 Å². The number of nitrogen functional groups attached to an aromatic ring is 1. The smallest absolute Gasteiger partial charge is 0.210 e. The first-order valence-corrected chi connectivity index (χ1v) is 9.27. The van der Waals surface area contributed by atoms with E-state index in [0.29, 0.717) is 33.1 Å². The van der Waals surface area contributed by atoms with Crippen LogP contribution in [-0.2, 0) is 5.75 Å². The van der Waals surface area contributed by atoms with Crippen LogP contribution in [0.4, 0.5) is 4.39 Å². The molecule has 0 saturated carbocycles. The lowest BCUT2D eigenvalue weighted by Crippen LogP contribution is -2.12. The SMILES string of the molecule is Nn1c(SCc2ncc(-c3cccc(Cl)c3)o2)nnc1-c1ccccc1F. The van der Waals surface area contributed by atoms with Crippen molar-refractivity contribution >= 4 is 23.4 Å². The molecule has 0 amide bonds. The van der Waals surface area contributed by atoms with Gasteiger partial charge in [-0.2, -0.15) is 0 Å². The molecule has 2 aromatic carbocycles. The minimum atomic E-state index is -0.410. The zero-order valence-corrected chi connectivity index (χ0v) is 15.4. The summed E-state index contributed by atoms with van der Waals surface area (Å²) in [6, 6.07) is 13.6. The molecule has 2 heterocycles. The summed E-state index contributed by atoms with van der Waals surface area (Å²) >= 11 is 7.29. The number of nitrogens with two attached hydrogens (primary N) is 1. The molecule has 0 unspecified atom stereocenters. The highest BCUT2D eigenvalue weighted by Crippen LogP contribution is 2.28. The lowest BCUT2D eigenvalue weighted by Gasteiger charge is -2.03. The zero-order valence-electron chi connectivity index (χ0n) is 13.8. The van der Waals surface area contributed by atoms with E-state index in [9.17, 15) is 4.39 Å². The van der Waals surface area contributed by atoms with Gasteiger partial charge in [-0.15, -0.1) is 10.2 Å². The van der Waals surface area contributed by atoms with Gasteiger partial charge in [0.05, 0.1) is 17.5 Å². The van der Waals surface area contributed by atoms with E-state index in [2.05, 4.69) is 15.2 Å². The molecule has 0 fully saturated rings. The van der Waals surface area contributed by atoms with Gasteiger partial charge in [0.25, 0.3) is 0 Å². The normalized spacial score (nSPS) is 11.0. The van der Waals surface area contributed by atoms with Crippen molar-refractivity contribution in [1.82, 2.24) is 19.9 Å². The van der Waals surface area contributed by atoms with E-state index in [1.165, 1.54) is 22.5 Å². The topological polar surface area (TPSA) is 82.8 Å². The molecule has 9 heteroatoms. The van der Waals surface area contributed by atoms with Gasteiger partial charge in [0.2, 0.25) is 11.0 Å². The van der Waals surface area contributed by atoms with Crippen LogP contribution in [0.2, 0.25) is 5.02 Å². The van der Waals surface area contributed by atoms with Gasteiger partial charge in [-0.3, -0.25) is 0 Å². The number of benzene rings is 2. The Morgan fingerprint density at radius 2 is 2.00 bits per heavy atom. The number of aromatic nitrogens is 4. The van der Waals surface area contributed by atoms with Crippen LogP contribution < -0.4 is 5.84 Å². The van der Waals surface area contributed by atoms with E-state index in [1.54, 1.807) is 36.5 Å². The van der Waals surface area contributed by atoms with E-state index in [-0.39, 0.29) is 5.82 Å². The largest absolute Gasteiger partial charge is 0.440 e.